The molecule has 3 aromatic carbocycles. The Hall–Kier alpha value is -2.93. The number of nitrogens with zero attached hydrogens (tertiary/aromatic N) is 2. The molecule has 29 heavy (non-hydrogen) atoms. The maximum Gasteiger partial charge on any atom is 0.266 e. The van der Waals surface area contributed by atoms with Gasteiger partial charge in [-0.1, -0.05) is 35.9 Å². The first-order valence-corrected chi connectivity index (χ1v) is 10.2. The number of benzene rings is 3. The lowest BCUT2D eigenvalue weighted by Gasteiger charge is -2.12. The highest BCUT2D eigenvalue weighted by Crippen LogP contribution is 2.19. The Bertz CT molecular complexity index is 1260. The monoisotopic (exact) mass is 494 g/mol. The third-order valence-electron chi connectivity index (χ3n) is 4.69. The van der Waals surface area contributed by atoms with E-state index < -0.39 is 0 Å². The van der Waals surface area contributed by atoms with Crippen LogP contribution in [0.2, 0.25) is 0 Å². The van der Waals surface area contributed by atoms with Crippen LogP contribution in [0.15, 0.2) is 71.5 Å². The van der Waals surface area contributed by atoms with Gasteiger partial charge in [-0.15, -0.1) is 0 Å². The summed E-state index contributed by atoms with van der Waals surface area (Å²) in [7, 11) is 1.64. The standard InChI is InChI=1S/C24H19IN2O2/c1-16-3-9-19(10-4-16)27-23(14-7-17-5-11-20(29-2)12-6-17)26-22-13-8-18(25)15-21(22)24(27)28/h3-15H,1-2H3/b14-7+. The van der Waals surface area contributed by atoms with Gasteiger partial charge in [0.2, 0.25) is 0 Å². The number of fused-ring (bicyclic) bond motifs is 1. The van der Waals surface area contributed by atoms with Gasteiger partial charge in [-0.25, -0.2) is 4.98 Å². The van der Waals surface area contributed by atoms with Crippen molar-refractivity contribution in [2.45, 2.75) is 6.92 Å². The Morgan fingerprint density at radius 3 is 2.38 bits per heavy atom. The number of ether oxygens (including phenoxy) is 1. The molecule has 0 fully saturated rings. The third kappa shape index (κ3) is 4.10. The molecule has 144 valence electrons. The topological polar surface area (TPSA) is 44.1 Å². The van der Waals surface area contributed by atoms with Gasteiger partial charge in [-0.05, 0) is 83.6 Å². The molecule has 0 bridgehead atoms. The van der Waals surface area contributed by atoms with Gasteiger partial charge in [0.1, 0.15) is 11.6 Å². The zero-order valence-electron chi connectivity index (χ0n) is 16.1. The molecule has 0 aliphatic carbocycles. The first-order chi connectivity index (χ1) is 14.0. The molecule has 0 spiro atoms. The summed E-state index contributed by atoms with van der Waals surface area (Å²) < 4.78 is 7.88. The van der Waals surface area contributed by atoms with Crippen LogP contribution in [0.5, 0.6) is 5.75 Å². The van der Waals surface area contributed by atoms with Crippen molar-refractivity contribution in [3.63, 3.8) is 0 Å². The SMILES string of the molecule is COc1ccc(/C=C/c2nc3ccc(I)cc3c(=O)n2-c2ccc(C)cc2)cc1. The number of aromatic nitrogens is 2. The minimum Gasteiger partial charge on any atom is -0.497 e. The Kier molecular flexibility index (Phi) is 5.49. The normalized spacial score (nSPS) is 11.3. The molecule has 4 rings (SSSR count). The van der Waals surface area contributed by atoms with Gasteiger partial charge < -0.3 is 4.74 Å². The van der Waals surface area contributed by atoms with Crippen molar-refractivity contribution < 1.29 is 4.74 Å². The molecule has 0 amide bonds. The van der Waals surface area contributed by atoms with Crippen molar-refractivity contribution in [3.8, 4) is 11.4 Å². The molecule has 0 saturated carbocycles. The summed E-state index contributed by atoms with van der Waals surface area (Å²) in [5.41, 5.74) is 3.54. The lowest BCUT2D eigenvalue weighted by Crippen LogP contribution is -2.22. The first kappa shape index (κ1) is 19.4. The van der Waals surface area contributed by atoms with E-state index in [1.807, 2.05) is 85.8 Å². The molecule has 0 aliphatic rings. The van der Waals surface area contributed by atoms with E-state index in [0.29, 0.717) is 16.7 Å². The third-order valence-corrected chi connectivity index (χ3v) is 5.36. The highest BCUT2D eigenvalue weighted by Gasteiger charge is 2.11. The maximum atomic E-state index is 13.4. The van der Waals surface area contributed by atoms with Crippen molar-refractivity contribution in [1.82, 2.24) is 9.55 Å². The van der Waals surface area contributed by atoms with Crippen LogP contribution in [0.25, 0.3) is 28.7 Å². The summed E-state index contributed by atoms with van der Waals surface area (Å²) in [6, 6.07) is 21.4. The lowest BCUT2D eigenvalue weighted by atomic mass is 10.2. The largest absolute Gasteiger partial charge is 0.497 e. The van der Waals surface area contributed by atoms with Crippen LogP contribution in [0, 0.1) is 10.5 Å². The Balaban J connectivity index is 1.89. The summed E-state index contributed by atoms with van der Waals surface area (Å²) in [6.07, 6.45) is 3.82. The maximum absolute atomic E-state index is 13.4. The van der Waals surface area contributed by atoms with Gasteiger partial charge in [0.15, 0.2) is 0 Å². The molecule has 0 aliphatic heterocycles. The average Bonchev–Trinajstić information content (AvgIpc) is 2.74. The number of hydrogen-bond acceptors (Lipinski definition) is 3. The molecular weight excluding hydrogens is 475 g/mol. The minimum absolute atomic E-state index is 0.0771. The number of hydrogen-bond donors (Lipinski definition) is 0. The Labute approximate surface area is 182 Å². The second-order valence-electron chi connectivity index (χ2n) is 6.71. The smallest absolute Gasteiger partial charge is 0.266 e. The molecular formula is C24H19IN2O2. The van der Waals surface area contributed by atoms with Crippen molar-refractivity contribution in [2.75, 3.05) is 7.11 Å². The van der Waals surface area contributed by atoms with Gasteiger partial charge in [0.25, 0.3) is 5.56 Å². The van der Waals surface area contributed by atoms with Crippen molar-refractivity contribution in [2.24, 2.45) is 0 Å². The second kappa shape index (κ2) is 8.21. The molecule has 4 aromatic rings. The van der Waals surface area contributed by atoms with Crippen molar-refractivity contribution in [3.05, 3.63) is 97.6 Å². The van der Waals surface area contributed by atoms with Crippen LogP contribution in [0.4, 0.5) is 0 Å². The zero-order chi connectivity index (χ0) is 20.4. The van der Waals surface area contributed by atoms with E-state index in [1.54, 1.807) is 11.7 Å². The number of methoxy groups -OCH3 is 1. The van der Waals surface area contributed by atoms with Crippen molar-refractivity contribution >= 4 is 45.6 Å². The van der Waals surface area contributed by atoms with E-state index in [0.717, 1.165) is 26.1 Å². The predicted octanol–water partition coefficient (Wildman–Crippen LogP) is 5.48. The van der Waals surface area contributed by atoms with Crippen LogP contribution in [0.1, 0.15) is 17.0 Å². The summed E-state index contributed by atoms with van der Waals surface area (Å²) in [4.78, 5) is 18.1. The van der Waals surface area contributed by atoms with Crippen LogP contribution >= 0.6 is 22.6 Å². The summed E-state index contributed by atoms with van der Waals surface area (Å²) in [5, 5.41) is 0.610. The Morgan fingerprint density at radius 1 is 0.966 bits per heavy atom. The first-order valence-electron chi connectivity index (χ1n) is 9.16. The van der Waals surface area contributed by atoms with Crippen LogP contribution in [-0.2, 0) is 0 Å². The van der Waals surface area contributed by atoms with E-state index in [9.17, 15) is 4.79 Å². The van der Waals surface area contributed by atoms with E-state index in [-0.39, 0.29) is 5.56 Å². The zero-order valence-corrected chi connectivity index (χ0v) is 18.3. The quantitative estimate of drug-likeness (QED) is 0.353. The fraction of sp³-hybridized carbons (Fsp3) is 0.0833. The highest BCUT2D eigenvalue weighted by atomic mass is 127. The number of halogens is 1. The molecule has 1 heterocycles. The molecule has 0 N–H and O–H groups in total. The fourth-order valence-electron chi connectivity index (χ4n) is 3.12. The van der Waals surface area contributed by atoms with Crippen LogP contribution in [0.3, 0.4) is 0 Å². The van der Waals surface area contributed by atoms with Crippen molar-refractivity contribution in [1.29, 1.82) is 0 Å². The van der Waals surface area contributed by atoms with Gasteiger partial charge in [0.05, 0.1) is 23.7 Å². The molecule has 0 unspecified atom stereocenters. The minimum atomic E-state index is -0.0771. The Morgan fingerprint density at radius 2 is 1.69 bits per heavy atom. The highest BCUT2D eigenvalue weighted by molar-refractivity contribution is 14.1. The van der Waals surface area contributed by atoms with Gasteiger partial charge in [-0.3, -0.25) is 9.36 Å². The van der Waals surface area contributed by atoms with Crippen LogP contribution in [-0.4, -0.2) is 16.7 Å². The summed E-state index contributed by atoms with van der Waals surface area (Å²) in [6.45, 7) is 2.03. The van der Waals surface area contributed by atoms with E-state index in [2.05, 4.69) is 22.6 Å². The molecule has 0 saturated heterocycles. The fourth-order valence-corrected chi connectivity index (χ4v) is 3.61. The second-order valence-corrected chi connectivity index (χ2v) is 7.96. The summed E-state index contributed by atoms with van der Waals surface area (Å²) >= 11 is 2.21. The summed E-state index contributed by atoms with van der Waals surface area (Å²) in [5.74, 6) is 1.39. The number of aryl methyl sites for hydroxylation is 1. The van der Waals surface area contributed by atoms with Gasteiger partial charge >= 0.3 is 0 Å². The molecule has 0 atom stereocenters. The van der Waals surface area contributed by atoms with Gasteiger partial charge in [0, 0.05) is 3.57 Å². The number of rotatable bonds is 4. The molecule has 5 heteroatoms. The van der Waals surface area contributed by atoms with Crippen LogP contribution < -0.4 is 10.3 Å². The van der Waals surface area contributed by atoms with E-state index in [4.69, 9.17) is 9.72 Å². The van der Waals surface area contributed by atoms with Gasteiger partial charge in [-0.2, -0.15) is 0 Å². The molecule has 1 aromatic heterocycles. The lowest BCUT2D eigenvalue weighted by molar-refractivity contribution is 0.415. The average molecular weight is 494 g/mol. The van der Waals surface area contributed by atoms with E-state index in [1.165, 1.54) is 0 Å². The molecule has 0 radical (unpaired) electrons. The molecule has 4 nitrogen and oxygen atoms in total. The van der Waals surface area contributed by atoms with E-state index >= 15 is 0 Å². The predicted molar refractivity (Wildman–Crippen MR) is 127 cm³/mol.